The second kappa shape index (κ2) is 6.01. The Labute approximate surface area is 114 Å². The van der Waals surface area contributed by atoms with E-state index in [2.05, 4.69) is 32.2 Å². The first-order valence-electron chi connectivity index (χ1n) is 6.55. The van der Waals surface area contributed by atoms with E-state index in [9.17, 15) is 0 Å². The standard InChI is InChI=1S/C12H22N6O/c1-13-10-14-11(17(2)3)16-12(15-10)19-9-5-7-18(4)8-6-9/h9H,5-8H2,1-4H3,(H,13,14,15,16). The van der Waals surface area contributed by atoms with Gasteiger partial charge in [0.1, 0.15) is 6.10 Å². The molecule has 7 heteroatoms. The summed E-state index contributed by atoms with van der Waals surface area (Å²) in [5.74, 6) is 1.13. The van der Waals surface area contributed by atoms with Gasteiger partial charge in [0.25, 0.3) is 0 Å². The molecule has 1 fully saturated rings. The molecule has 2 heterocycles. The molecular formula is C12H22N6O. The number of likely N-dealkylation sites (tertiary alicyclic amines) is 1. The first-order valence-corrected chi connectivity index (χ1v) is 6.55. The van der Waals surface area contributed by atoms with Gasteiger partial charge in [0.2, 0.25) is 11.9 Å². The molecular weight excluding hydrogens is 244 g/mol. The van der Waals surface area contributed by atoms with Crippen LogP contribution in [0, 0.1) is 0 Å². The molecule has 0 amide bonds. The summed E-state index contributed by atoms with van der Waals surface area (Å²) in [6.07, 6.45) is 2.21. The van der Waals surface area contributed by atoms with Crippen molar-refractivity contribution in [2.45, 2.75) is 18.9 Å². The van der Waals surface area contributed by atoms with E-state index in [0.717, 1.165) is 25.9 Å². The zero-order valence-corrected chi connectivity index (χ0v) is 12.1. The van der Waals surface area contributed by atoms with Crippen LogP contribution in [-0.4, -0.2) is 67.2 Å². The maximum atomic E-state index is 5.88. The van der Waals surface area contributed by atoms with E-state index in [-0.39, 0.29) is 6.10 Å². The number of aromatic nitrogens is 3. The Morgan fingerprint density at radius 1 is 1.21 bits per heavy atom. The number of piperidine rings is 1. The van der Waals surface area contributed by atoms with Gasteiger partial charge in [0.15, 0.2) is 0 Å². The molecule has 0 atom stereocenters. The van der Waals surface area contributed by atoms with E-state index in [1.165, 1.54) is 0 Å². The molecule has 0 aromatic carbocycles. The van der Waals surface area contributed by atoms with Gasteiger partial charge >= 0.3 is 6.01 Å². The van der Waals surface area contributed by atoms with Crippen molar-refractivity contribution in [2.75, 3.05) is 51.5 Å². The Balaban J connectivity index is 2.08. The van der Waals surface area contributed by atoms with Crippen LogP contribution >= 0.6 is 0 Å². The molecule has 1 saturated heterocycles. The summed E-state index contributed by atoms with van der Waals surface area (Å²) in [5, 5.41) is 2.93. The Hall–Kier alpha value is -1.63. The highest BCUT2D eigenvalue weighted by atomic mass is 16.5. The van der Waals surface area contributed by atoms with Gasteiger partial charge in [-0.2, -0.15) is 15.0 Å². The van der Waals surface area contributed by atoms with Crippen molar-refractivity contribution >= 4 is 11.9 Å². The number of rotatable bonds is 4. The maximum Gasteiger partial charge on any atom is 0.323 e. The van der Waals surface area contributed by atoms with Crippen LogP contribution in [-0.2, 0) is 0 Å². The van der Waals surface area contributed by atoms with Crippen molar-refractivity contribution in [1.82, 2.24) is 19.9 Å². The molecule has 0 bridgehead atoms. The second-order valence-corrected chi connectivity index (χ2v) is 5.01. The predicted octanol–water partition coefficient (Wildman–Crippen LogP) is 0.452. The van der Waals surface area contributed by atoms with Crippen LogP contribution < -0.4 is 15.0 Å². The largest absolute Gasteiger partial charge is 0.460 e. The highest BCUT2D eigenvalue weighted by molar-refractivity contribution is 5.36. The van der Waals surface area contributed by atoms with Gasteiger partial charge in [0.05, 0.1) is 0 Å². The van der Waals surface area contributed by atoms with Crippen molar-refractivity contribution in [3.05, 3.63) is 0 Å². The zero-order valence-electron chi connectivity index (χ0n) is 12.1. The Morgan fingerprint density at radius 2 is 1.89 bits per heavy atom. The van der Waals surface area contributed by atoms with Crippen molar-refractivity contribution in [3.8, 4) is 6.01 Å². The van der Waals surface area contributed by atoms with Gasteiger partial charge in [-0.15, -0.1) is 0 Å². The van der Waals surface area contributed by atoms with Crippen LogP contribution in [0.5, 0.6) is 6.01 Å². The molecule has 1 aliphatic heterocycles. The number of nitrogens with one attached hydrogen (secondary N) is 1. The fraction of sp³-hybridized carbons (Fsp3) is 0.750. The molecule has 0 spiro atoms. The Morgan fingerprint density at radius 3 is 2.47 bits per heavy atom. The minimum atomic E-state index is 0.193. The van der Waals surface area contributed by atoms with Gasteiger partial charge in [-0.3, -0.25) is 0 Å². The molecule has 106 valence electrons. The van der Waals surface area contributed by atoms with E-state index >= 15 is 0 Å². The molecule has 0 unspecified atom stereocenters. The van der Waals surface area contributed by atoms with E-state index in [1.807, 2.05) is 19.0 Å². The molecule has 1 aromatic heterocycles. The average Bonchev–Trinajstić information content (AvgIpc) is 2.41. The SMILES string of the molecule is CNc1nc(OC2CCN(C)CC2)nc(N(C)C)n1. The van der Waals surface area contributed by atoms with Gasteiger partial charge in [0, 0.05) is 34.2 Å². The highest BCUT2D eigenvalue weighted by Gasteiger charge is 2.20. The molecule has 1 aliphatic rings. The lowest BCUT2D eigenvalue weighted by atomic mass is 10.1. The van der Waals surface area contributed by atoms with Gasteiger partial charge in [-0.25, -0.2) is 0 Å². The molecule has 1 aromatic rings. The van der Waals surface area contributed by atoms with Crippen LogP contribution in [0.2, 0.25) is 0 Å². The maximum absolute atomic E-state index is 5.88. The first-order chi connectivity index (χ1) is 9.08. The van der Waals surface area contributed by atoms with Crippen LogP contribution in [0.1, 0.15) is 12.8 Å². The van der Waals surface area contributed by atoms with E-state index < -0.39 is 0 Å². The van der Waals surface area contributed by atoms with Crippen molar-refractivity contribution in [1.29, 1.82) is 0 Å². The molecule has 7 nitrogen and oxygen atoms in total. The van der Waals surface area contributed by atoms with E-state index in [1.54, 1.807) is 7.05 Å². The van der Waals surface area contributed by atoms with Crippen molar-refractivity contribution < 1.29 is 4.74 Å². The lowest BCUT2D eigenvalue weighted by molar-refractivity contribution is 0.105. The molecule has 19 heavy (non-hydrogen) atoms. The minimum Gasteiger partial charge on any atom is -0.460 e. The monoisotopic (exact) mass is 266 g/mol. The average molecular weight is 266 g/mol. The summed E-state index contributed by atoms with van der Waals surface area (Å²) in [4.78, 5) is 17.0. The van der Waals surface area contributed by atoms with Crippen LogP contribution in [0.3, 0.4) is 0 Å². The quantitative estimate of drug-likeness (QED) is 0.848. The van der Waals surface area contributed by atoms with Gasteiger partial charge in [-0.05, 0) is 19.9 Å². The fourth-order valence-electron chi connectivity index (χ4n) is 1.96. The van der Waals surface area contributed by atoms with Crippen LogP contribution in [0.25, 0.3) is 0 Å². The topological polar surface area (TPSA) is 66.4 Å². The van der Waals surface area contributed by atoms with E-state index in [0.29, 0.717) is 17.9 Å². The van der Waals surface area contributed by atoms with Crippen LogP contribution in [0.4, 0.5) is 11.9 Å². The second-order valence-electron chi connectivity index (χ2n) is 5.01. The fourth-order valence-corrected chi connectivity index (χ4v) is 1.96. The predicted molar refractivity (Wildman–Crippen MR) is 74.8 cm³/mol. The summed E-state index contributed by atoms with van der Waals surface area (Å²) >= 11 is 0. The lowest BCUT2D eigenvalue weighted by Gasteiger charge is -2.28. The van der Waals surface area contributed by atoms with Gasteiger partial charge < -0.3 is 19.9 Å². The Bertz CT molecular complexity index is 417. The third-order valence-corrected chi connectivity index (χ3v) is 3.16. The Kier molecular flexibility index (Phi) is 4.36. The van der Waals surface area contributed by atoms with E-state index in [4.69, 9.17) is 4.74 Å². The van der Waals surface area contributed by atoms with Gasteiger partial charge in [-0.1, -0.05) is 0 Å². The first kappa shape index (κ1) is 13.8. The summed E-state index contributed by atoms with van der Waals surface area (Å²) in [6.45, 7) is 2.10. The minimum absolute atomic E-state index is 0.193. The number of ether oxygens (including phenoxy) is 1. The van der Waals surface area contributed by atoms with Crippen molar-refractivity contribution in [2.24, 2.45) is 0 Å². The number of hydrogen-bond acceptors (Lipinski definition) is 7. The normalized spacial score (nSPS) is 17.3. The van der Waals surface area contributed by atoms with Crippen molar-refractivity contribution in [3.63, 3.8) is 0 Å². The number of nitrogens with zero attached hydrogens (tertiary/aromatic N) is 5. The third-order valence-electron chi connectivity index (χ3n) is 3.16. The summed E-state index contributed by atoms with van der Waals surface area (Å²) < 4.78 is 5.88. The number of anilines is 2. The zero-order chi connectivity index (χ0) is 13.8. The molecule has 1 N–H and O–H groups in total. The molecule has 0 radical (unpaired) electrons. The molecule has 0 saturated carbocycles. The third kappa shape index (κ3) is 3.66. The smallest absolute Gasteiger partial charge is 0.323 e. The van der Waals surface area contributed by atoms with Crippen LogP contribution in [0.15, 0.2) is 0 Å². The molecule has 0 aliphatic carbocycles. The number of hydrogen-bond donors (Lipinski definition) is 1. The lowest BCUT2D eigenvalue weighted by Crippen LogP contribution is -2.36. The summed E-state index contributed by atoms with van der Waals surface area (Å²) in [6, 6.07) is 0.401. The molecule has 2 rings (SSSR count). The summed E-state index contributed by atoms with van der Waals surface area (Å²) in [5.41, 5.74) is 0. The summed E-state index contributed by atoms with van der Waals surface area (Å²) in [7, 11) is 7.71. The highest BCUT2D eigenvalue weighted by Crippen LogP contribution is 2.18.